The van der Waals surface area contributed by atoms with Gasteiger partial charge in [-0.3, -0.25) is 0 Å². The number of nitrogen functional groups attached to an aromatic ring is 1. The molecule has 1 aromatic heterocycles. The van der Waals surface area contributed by atoms with Crippen LogP contribution in [0.3, 0.4) is 0 Å². The summed E-state index contributed by atoms with van der Waals surface area (Å²) in [7, 11) is 7.80. The summed E-state index contributed by atoms with van der Waals surface area (Å²) in [4.78, 5) is 4.83. The Hall–Kier alpha value is -7.60. The highest BCUT2D eigenvalue weighted by atomic mass is 32.1. The van der Waals surface area contributed by atoms with E-state index in [1.54, 1.807) is 0 Å². The van der Waals surface area contributed by atoms with Crippen LogP contribution in [0, 0.1) is 0 Å². The van der Waals surface area contributed by atoms with Crippen LogP contribution >= 0.6 is 11.3 Å². The van der Waals surface area contributed by atoms with Crippen molar-refractivity contribution in [3.8, 4) is 11.1 Å². The summed E-state index contributed by atoms with van der Waals surface area (Å²) < 4.78 is 2.44. The van der Waals surface area contributed by atoms with Crippen LogP contribution in [0.1, 0.15) is 29.5 Å². The fraction of sp³-hybridized carbons (Fsp3) is 0.0345. The zero-order valence-electron chi connectivity index (χ0n) is 34.5. The van der Waals surface area contributed by atoms with Gasteiger partial charge in [0, 0.05) is 65.3 Å². The van der Waals surface area contributed by atoms with Gasteiger partial charge >= 0.3 is 0 Å². The van der Waals surface area contributed by atoms with Gasteiger partial charge in [-0.25, -0.2) is 0 Å². The number of benzene rings is 9. The highest BCUT2D eigenvalue weighted by Gasteiger charge is 2.34. The average Bonchev–Trinajstić information content (AvgIpc) is 3.71. The van der Waals surface area contributed by atoms with Crippen LogP contribution in [-0.4, -0.2) is 7.85 Å². The summed E-state index contributed by atoms with van der Waals surface area (Å²) in [5, 5.41) is 4.65. The van der Waals surface area contributed by atoms with Crippen LogP contribution in [0.15, 0.2) is 206 Å². The van der Waals surface area contributed by atoms with Crippen molar-refractivity contribution in [1.82, 2.24) is 0 Å². The van der Waals surface area contributed by atoms with Gasteiger partial charge in [-0.2, -0.15) is 0 Å². The van der Waals surface area contributed by atoms with Crippen molar-refractivity contribution in [2.45, 2.75) is 12.8 Å². The molecule has 0 saturated carbocycles. The van der Waals surface area contributed by atoms with Crippen molar-refractivity contribution in [2.24, 2.45) is 0 Å². The first kappa shape index (κ1) is 37.2. The Morgan fingerprint density at radius 2 is 1.16 bits per heavy atom. The SMILES string of the molecule is [B]c1c2cc3sc4ccccc4c3c1N(c1ccccc1-c1ccccc1)c1ccc(N(c3ccccc3)c3ccccc3)cc1C1=C(c3cc4ccccc4cc3N)CCC=C12. The van der Waals surface area contributed by atoms with Crippen LogP contribution in [0.25, 0.3) is 58.8 Å². The molecule has 63 heavy (non-hydrogen) atoms. The number of hydrogen-bond acceptors (Lipinski definition) is 4. The number of thiophene rings is 1. The number of anilines is 7. The van der Waals surface area contributed by atoms with Crippen molar-refractivity contribution in [2.75, 3.05) is 15.5 Å². The molecule has 1 aliphatic heterocycles. The Morgan fingerprint density at radius 3 is 1.92 bits per heavy atom. The van der Waals surface area contributed by atoms with Gasteiger partial charge in [0.05, 0.1) is 11.4 Å². The normalized spacial score (nSPS) is 13.4. The van der Waals surface area contributed by atoms with E-state index in [1.807, 2.05) is 11.3 Å². The standard InChI is InChI=1S/C58H40BN3S/c59-57-48-36-54-56(46-26-13-15-30-53(46)63-54)58(57)62(51-29-14-12-25-43(51)37-17-4-1-5-18-37)52-32-31-42(61(40-21-6-2-7-22-40)41-23-8-3-9-24-41)35-49(52)55-44(27-16-28-45(48)55)47-33-38-19-10-11-20-39(38)34-50(47)60/h1-15,17-26,28-36H,16,27,60H2. The molecule has 296 valence electrons. The van der Waals surface area contributed by atoms with Gasteiger partial charge in [0.2, 0.25) is 0 Å². The highest BCUT2D eigenvalue weighted by molar-refractivity contribution is 7.26. The lowest BCUT2D eigenvalue weighted by atomic mass is 9.73. The largest absolute Gasteiger partial charge is 0.398 e. The summed E-state index contributed by atoms with van der Waals surface area (Å²) >= 11 is 1.83. The quantitative estimate of drug-likeness (QED) is 0.134. The van der Waals surface area contributed by atoms with E-state index in [1.165, 1.54) is 20.4 Å². The fourth-order valence-corrected chi connectivity index (χ4v) is 11.1. The van der Waals surface area contributed by atoms with Gasteiger partial charge in [-0.05, 0) is 124 Å². The summed E-state index contributed by atoms with van der Waals surface area (Å²) in [6.07, 6.45) is 4.10. The predicted octanol–water partition coefficient (Wildman–Crippen LogP) is 15.3. The van der Waals surface area contributed by atoms with Crippen molar-refractivity contribution in [3.63, 3.8) is 0 Å². The second kappa shape index (κ2) is 15.1. The molecule has 3 nitrogen and oxygen atoms in total. The minimum Gasteiger partial charge on any atom is -0.398 e. The molecule has 0 saturated heterocycles. The molecular formula is C58H40BN3S. The molecule has 2 aliphatic rings. The van der Waals surface area contributed by atoms with Gasteiger partial charge in [0.15, 0.2) is 0 Å². The smallest absolute Gasteiger partial charge is 0.117 e. The maximum Gasteiger partial charge on any atom is 0.117 e. The molecule has 0 atom stereocenters. The summed E-state index contributed by atoms with van der Waals surface area (Å²) in [6.45, 7) is 0. The molecule has 0 fully saturated rings. The zero-order valence-corrected chi connectivity index (χ0v) is 35.3. The molecule has 2 heterocycles. The topological polar surface area (TPSA) is 32.5 Å². The number of hydrogen-bond donors (Lipinski definition) is 1. The van der Waals surface area contributed by atoms with Crippen LogP contribution in [0.5, 0.6) is 0 Å². The van der Waals surface area contributed by atoms with Crippen molar-refractivity contribution in [1.29, 1.82) is 0 Å². The first-order chi connectivity index (χ1) is 31.1. The lowest BCUT2D eigenvalue weighted by molar-refractivity contribution is 1.06. The maximum absolute atomic E-state index is 7.80. The summed E-state index contributed by atoms with van der Waals surface area (Å²) in [5.41, 5.74) is 24.0. The maximum atomic E-state index is 7.80. The molecule has 2 N–H and O–H groups in total. The molecule has 12 rings (SSSR count). The van der Waals surface area contributed by atoms with E-state index in [2.05, 4.69) is 216 Å². The predicted molar refractivity (Wildman–Crippen MR) is 272 cm³/mol. The number of rotatable bonds is 6. The summed E-state index contributed by atoms with van der Waals surface area (Å²) in [6, 6.07) is 71.9. The van der Waals surface area contributed by atoms with Gasteiger partial charge < -0.3 is 15.5 Å². The fourth-order valence-electron chi connectivity index (χ4n) is 9.99. The van der Waals surface area contributed by atoms with E-state index in [-0.39, 0.29) is 0 Å². The molecule has 0 spiro atoms. The van der Waals surface area contributed by atoms with Gasteiger partial charge in [0.25, 0.3) is 0 Å². The van der Waals surface area contributed by atoms with Crippen LogP contribution in [0.2, 0.25) is 0 Å². The minimum atomic E-state index is 0.760. The van der Waals surface area contributed by atoms with Gasteiger partial charge in [0.1, 0.15) is 7.85 Å². The molecule has 2 bridgehead atoms. The Labute approximate surface area is 372 Å². The Bertz CT molecular complexity index is 3440. The molecule has 0 amide bonds. The average molecular weight is 822 g/mol. The zero-order chi connectivity index (χ0) is 42.0. The molecule has 2 radical (unpaired) electrons. The lowest BCUT2D eigenvalue weighted by Gasteiger charge is -2.38. The number of nitrogens with two attached hydrogens (primary N) is 1. The number of fused-ring (bicyclic) bond motifs is 11. The van der Waals surface area contributed by atoms with Crippen LogP contribution in [-0.2, 0) is 0 Å². The van der Waals surface area contributed by atoms with E-state index >= 15 is 0 Å². The first-order valence-corrected chi connectivity index (χ1v) is 22.4. The van der Waals surface area contributed by atoms with E-state index in [4.69, 9.17) is 13.6 Å². The van der Waals surface area contributed by atoms with Crippen molar-refractivity contribution < 1.29 is 0 Å². The minimum absolute atomic E-state index is 0.760. The van der Waals surface area contributed by atoms with E-state index < -0.39 is 0 Å². The molecule has 9 aromatic carbocycles. The van der Waals surface area contributed by atoms with Gasteiger partial charge in [-0.1, -0.05) is 139 Å². The Balaban J connectivity index is 1.26. The number of para-hydroxylation sites is 3. The first-order valence-electron chi connectivity index (χ1n) is 21.6. The van der Waals surface area contributed by atoms with Gasteiger partial charge in [-0.15, -0.1) is 11.3 Å². The van der Waals surface area contributed by atoms with Crippen molar-refractivity contribution >= 4 is 112 Å². The third-order valence-corrected chi connectivity index (χ3v) is 13.9. The lowest BCUT2D eigenvalue weighted by Crippen LogP contribution is -2.26. The summed E-state index contributed by atoms with van der Waals surface area (Å²) in [5.74, 6) is 0. The number of allylic oxidation sites excluding steroid dienone is 4. The molecule has 0 unspecified atom stereocenters. The van der Waals surface area contributed by atoms with Crippen molar-refractivity contribution in [3.05, 3.63) is 223 Å². The van der Waals surface area contributed by atoms with E-state index in [0.29, 0.717) is 0 Å². The van der Waals surface area contributed by atoms with Crippen LogP contribution in [0.4, 0.5) is 39.8 Å². The second-order valence-corrected chi connectivity index (χ2v) is 17.5. The third kappa shape index (κ3) is 6.11. The van der Waals surface area contributed by atoms with E-state index in [0.717, 1.165) is 113 Å². The molecular weight excluding hydrogens is 782 g/mol. The molecule has 1 aliphatic carbocycles. The third-order valence-electron chi connectivity index (χ3n) is 12.8. The molecule has 5 heteroatoms. The van der Waals surface area contributed by atoms with E-state index in [9.17, 15) is 0 Å². The Kier molecular flexibility index (Phi) is 8.91. The molecule has 10 aromatic rings. The monoisotopic (exact) mass is 821 g/mol. The highest BCUT2D eigenvalue weighted by Crippen LogP contribution is 2.56. The number of nitrogens with zero attached hydrogens (tertiary/aromatic N) is 2. The van der Waals surface area contributed by atoms with Crippen LogP contribution < -0.4 is 21.0 Å². The Morgan fingerprint density at radius 1 is 0.524 bits per heavy atom. The second-order valence-electron chi connectivity index (χ2n) is 16.4.